The van der Waals surface area contributed by atoms with Gasteiger partial charge in [0.1, 0.15) is 23.8 Å². The number of benzene rings is 2. The van der Waals surface area contributed by atoms with E-state index in [0.29, 0.717) is 24.7 Å². The Balaban J connectivity index is 0.00000242. The molecule has 6 nitrogen and oxygen atoms in total. The topological polar surface area (TPSA) is 67.5 Å². The zero-order chi connectivity index (χ0) is 28.3. The van der Waals surface area contributed by atoms with Gasteiger partial charge in [0, 0.05) is 38.5 Å². The third-order valence-corrected chi connectivity index (χ3v) is 9.20. The first-order valence-corrected chi connectivity index (χ1v) is 14.9. The summed E-state index contributed by atoms with van der Waals surface area (Å²) in [5, 5.41) is 0. The number of nitrogens with zero attached hydrogens (tertiary/aromatic N) is 2. The van der Waals surface area contributed by atoms with Gasteiger partial charge in [-0.05, 0) is 92.8 Å². The third kappa shape index (κ3) is 7.65. The van der Waals surface area contributed by atoms with Gasteiger partial charge in [-0.1, -0.05) is 32.0 Å². The number of carbonyl (C=O) groups excluding carboxylic acids is 1. The summed E-state index contributed by atoms with van der Waals surface area (Å²) in [6, 6.07) is 13.3. The number of aromatic amines is 1. The van der Waals surface area contributed by atoms with Crippen molar-refractivity contribution in [3.8, 4) is 0 Å². The van der Waals surface area contributed by atoms with E-state index in [-0.39, 0.29) is 55.0 Å². The molecule has 1 fully saturated rings. The SMILES string of the molecule is COCC(=O)O[C@]1(CCN(C)CC2CCC(c3nc4ccccc4[nH]3)CC2)CCc2cc(F)ccc2[C@@H]1C(C)C.Cl.Cl. The lowest BCUT2D eigenvalue weighted by molar-refractivity contribution is -0.172. The number of esters is 1. The minimum absolute atomic E-state index is 0. The fraction of sp³-hybridized carbons (Fsp3) is 0.576. The molecule has 1 aromatic heterocycles. The van der Waals surface area contributed by atoms with Crippen LogP contribution in [0.25, 0.3) is 11.0 Å². The van der Waals surface area contributed by atoms with Gasteiger partial charge in [0.15, 0.2) is 0 Å². The zero-order valence-corrected chi connectivity index (χ0v) is 26.9. The number of aromatic nitrogens is 2. The highest BCUT2D eigenvalue weighted by Gasteiger charge is 2.47. The van der Waals surface area contributed by atoms with Crippen molar-refractivity contribution >= 4 is 41.8 Å². The summed E-state index contributed by atoms with van der Waals surface area (Å²) in [6.45, 7) is 6.15. The minimum Gasteiger partial charge on any atom is -0.457 e. The van der Waals surface area contributed by atoms with Crippen LogP contribution in [-0.4, -0.2) is 60.3 Å². The number of carbonyl (C=O) groups is 1. The van der Waals surface area contributed by atoms with E-state index in [0.717, 1.165) is 60.3 Å². The van der Waals surface area contributed by atoms with Gasteiger partial charge in [-0.2, -0.15) is 0 Å². The second-order valence-electron chi connectivity index (χ2n) is 12.4. The number of nitrogens with one attached hydrogen (secondary N) is 1. The number of halogens is 3. The minimum atomic E-state index is -0.637. The van der Waals surface area contributed by atoms with E-state index < -0.39 is 5.60 Å². The van der Waals surface area contributed by atoms with E-state index in [1.165, 1.54) is 26.0 Å². The molecule has 3 aromatic rings. The molecule has 2 aromatic carbocycles. The van der Waals surface area contributed by atoms with Crippen molar-refractivity contribution in [3.05, 3.63) is 65.2 Å². The van der Waals surface area contributed by atoms with Crippen LogP contribution in [-0.2, 0) is 20.7 Å². The van der Waals surface area contributed by atoms with Gasteiger partial charge < -0.3 is 19.4 Å². The summed E-state index contributed by atoms with van der Waals surface area (Å²) in [7, 11) is 3.70. The molecular formula is C33H46Cl2FN3O3. The number of aryl methyl sites for hydroxylation is 1. The Bertz CT molecular complexity index is 1280. The van der Waals surface area contributed by atoms with Gasteiger partial charge in [0.2, 0.25) is 0 Å². The van der Waals surface area contributed by atoms with Crippen LogP contribution in [0.4, 0.5) is 4.39 Å². The fourth-order valence-corrected chi connectivity index (χ4v) is 7.36. The summed E-state index contributed by atoms with van der Waals surface area (Å²) in [4.78, 5) is 23.6. The number of methoxy groups -OCH3 is 1. The molecular weight excluding hydrogens is 576 g/mol. The second-order valence-corrected chi connectivity index (χ2v) is 12.4. The second kappa shape index (κ2) is 15.0. The molecule has 9 heteroatoms. The van der Waals surface area contributed by atoms with Gasteiger partial charge in [-0.3, -0.25) is 0 Å². The molecule has 1 saturated carbocycles. The van der Waals surface area contributed by atoms with Crippen molar-refractivity contribution in [2.24, 2.45) is 11.8 Å². The Morgan fingerprint density at radius 2 is 1.88 bits per heavy atom. The first kappa shape index (κ1) is 34.3. The van der Waals surface area contributed by atoms with Crippen LogP contribution < -0.4 is 0 Å². The Hall–Kier alpha value is -2.19. The number of fused-ring (bicyclic) bond motifs is 2. The average molecular weight is 623 g/mol. The maximum Gasteiger partial charge on any atom is 0.332 e. The lowest BCUT2D eigenvalue weighted by atomic mass is 9.65. The predicted molar refractivity (Wildman–Crippen MR) is 170 cm³/mol. The van der Waals surface area contributed by atoms with Crippen molar-refractivity contribution in [1.82, 2.24) is 14.9 Å². The molecule has 0 spiro atoms. The standard InChI is InChI=1S/C33H44FN3O3.2ClH/c1-22(2)31-27-14-13-26(34)19-25(27)15-16-33(31,40-30(38)21-39-4)17-18-37(3)20-23-9-11-24(12-10-23)32-35-28-7-5-6-8-29(28)36-32;;/h5-8,13-14,19,22-24,31H,9-12,15-18,20-21H2,1-4H3,(H,35,36);2*1H/t23?,24?,31-,33-;;/m0../s1. The summed E-state index contributed by atoms with van der Waals surface area (Å²) < 4.78 is 25.5. The highest BCUT2D eigenvalue weighted by atomic mass is 35.5. The summed E-state index contributed by atoms with van der Waals surface area (Å²) >= 11 is 0. The Kier molecular flexibility index (Phi) is 12.3. The molecule has 0 amide bonds. The lowest BCUT2D eigenvalue weighted by Crippen LogP contribution is -2.49. The highest BCUT2D eigenvalue weighted by molar-refractivity contribution is 5.85. The van der Waals surface area contributed by atoms with Gasteiger partial charge in [0.05, 0.1) is 11.0 Å². The van der Waals surface area contributed by atoms with Crippen LogP contribution in [0, 0.1) is 17.7 Å². The van der Waals surface area contributed by atoms with Crippen molar-refractivity contribution < 1.29 is 18.7 Å². The van der Waals surface area contributed by atoms with Crippen LogP contribution in [0.1, 0.15) is 81.2 Å². The molecule has 0 saturated heterocycles. The number of H-pyrrole nitrogens is 1. The van der Waals surface area contributed by atoms with Crippen molar-refractivity contribution in [2.45, 2.75) is 76.2 Å². The summed E-state index contributed by atoms with van der Waals surface area (Å²) in [6.07, 6.45) is 6.82. The lowest BCUT2D eigenvalue weighted by Gasteiger charge is -2.47. The highest BCUT2D eigenvalue weighted by Crippen LogP contribution is 2.48. The molecule has 232 valence electrons. The maximum atomic E-state index is 14.1. The van der Waals surface area contributed by atoms with Crippen LogP contribution in [0.5, 0.6) is 0 Å². The summed E-state index contributed by atoms with van der Waals surface area (Å²) in [5.74, 6) is 1.98. The number of hydrogen-bond acceptors (Lipinski definition) is 5. The molecule has 42 heavy (non-hydrogen) atoms. The van der Waals surface area contributed by atoms with Crippen LogP contribution >= 0.6 is 24.8 Å². The van der Waals surface area contributed by atoms with E-state index in [4.69, 9.17) is 14.5 Å². The molecule has 2 atom stereocenters. The number of ether oxygens (including phenoxy) is 2. The molecule has 2 aliphatic carbocycles. The molecule has 1 heterocycles. The molecule has 2 aliphatic rings. The molecule has 0 radical (unpaired) electrons. The molecule has 0 unspecified atom stereocenters. The van der Waals surface area contributed by atoms with Crippen molar-refractivity contribution in [1.29, 1.82) is 0 Å². The van der Waals surface area contributed by atoms with Crippen LogP contribution in [0.2, 0.25) is 0 Å². The quantitative estimate of drug-likeness (QED) is 0.238. The van der Waals surface area contributed by atoms with E-state index in [1.807, 2.05) is 12.1 Å². The third-order valence-electron chi connectivity index (χ3n) is 9.20. The van der Waals surface area contributed by atoms with E-state index in [9.17, 15) is 9.18 Å². The molecule has 5 rings (SSSR count). The number of rotatable bonds is 10. The van der Waals surface area contributed by atoms with Gasteiger partial charge in [-0.15, -0.1) is 24.8 Å². The van der Waals surface area contributed by atoms with E-state index >= 15 is 0 Å². The van der Waals surface area contributed by atoms with E-state index in [2.05, 4.69) is 49.0 Å². The zero-order valence-electron chi connectivity index (χ0n) is 25.2. The first-order chi connectivity index (χ1) is 19.3. The smallest absolute Gasteiger partial charge is 0.332 e. The van der Waals surface area contributed by atoms with Gasteiger partial charge in [-0.25, -0.2) is 14.2 Å². The van der Waals surface area contributed by atoms with E-state index in [1.54, 1.807) is 6.07 Å². The fourth-order valence-electron chi connectivity index (χ4n) is 7.36. The van der Waals surface area contributed by atoms with Crippen molar-refractivity contribution in [3.63, 3.8) is 0 Å². The van der Waals surface area contributed by atoms with Crippen molar-refractivity contribution in [2.75, 3.05) is 33.9 Å². The Morgan fingerprint density at radius 3 is 2.57 bits per heavy atom. The normalized spacial score (nSPS) is 23.7. The summed E-state index contributed by atoms with van der Waals surface area (Å²) in [5.41, 5.74) is 3.68. The molecule has 0 aliphatic heterocycles. The van der Waals surface area contributed by atoms with Gasteiger partial charge in [0.25, 0.3) is 0 Å². The number of para-hydroxylation sites is 2. The van der Waals surface area contributed by atoms with Crippen LogP contribution in [0.3, 0.4) is 0 Å². The Labute approximate surface area is 262 Å². The molecule has 1 N–H and O–H groups in total. The van der Waals surface area contributed by atoms with Crippen LogP contribution in [0.15, 0.2) is 42.5 Å². The predicted octanol–water partition coefficient (Wildman–Crippen LogP) is 7.46. The maximum absolute atomic E-state index is 14.1. The average Bonchev–Trinajstić information content (AvgIpc) is 3.37. The van der Waals surface area contributed by atoms with Gasteiger partial charge >= 0.3 is 5.97 Å². The first-order valence-electron chi connectivity index (χ1n) is 14.9. The number of hydrogen-bond donors (Lipinski definition) is 1. The monoisotopic (exact) mass is 621 g/mol. The number of imidazole rings is 1. The molecule has 0 bridgehead atoms. The largest absolute Gasteiger partial charge is 0.457 e. The Morgan fingerprint density at radius 1 is 1.14 bits per heavy atom.